The molecule has 3 aromatic carbocycles. The quantitative estimate of drug-likeness (QED) is 0.245. The van der Waals surface area contributed by atoms with E-state index in [-0.39, 0.29) is 24.7 Å². The molecule has 1 heterocycles. The summed E-state index contributed by atoms with van der Waals surface area (Å²) >= 11 is 1.69. The van der Waals surface area contributed by atoms with Crippen molar-refractivity contribution in [2.75, 3.05) is 12.9 Å². The number of para-hydroxylation sites is 1. The summed E-state index contributed by atoms with van der Waals surface area (Å²) in [7, 11) is 1.67. The van der Waals surface area contributed by atoms with E-state index in [1.54, 1.807) is 18.9 Å². The summed E-state index contributed by atoms with van der Waals surface area (Å²) in [5, 5.41) is 12.2. The SMILES string of the molecule is COc1ccccc1SCC1CC(c2ccc(CO)cc2)OC(c2ccc(CNC(=O)C(C)OC(C)=O)cc2)O1. The molecular formula is C31H35NO7S. The number of esters is 1. The van der Waals surface area contributed by atoms with E-state index in [4.69, 9.17) is 18.9 Å². The molecule has 40 heavy (non-hydrogen) atoms. The molecule has 1 fully saturated rings. The largest absolute Gasteiger partial charge is 0.496 e. The molecule has 0 saturated carbocycles. The highest BCUT2D eigenvalue weighted by atomic mass is 32.2. The highest BCUT2D eigenvalue weighted by Crippen LogP contribution is 2.40. The number of ether oxygens (including phenoxy) is 4. The summed E-state index contributed by atoms with van der Waals surface area (Å²) in [5.74, 6) is 0.693. The predicted octanol–water partition coefficient (Wildman–Crippen LogP) is 5.09. The van der Waals surface area contributed by atoms with Crippen LogP contribution in [-0.4, -0.2) is 42.1 Å². The van der Waals surface area contributed by atoms with Crippen LogP contribution in [-0.2, 0) is 37.0 Å². The molecule has 0 spiro atoms. The van der Waals surface area contributed by atoms with Gasteiger partial charge in [-0.1, -0.05) is 60.7 Å². The van der Waals surface area contributed by atoms with E-state index in [0.29, 0.717) is 13.0 Å². The van der Waals surface area contributed by atoms with Crippen molar-refractivity contribution >= 4 is 23.6 Å². The van der Waals surface area contributed by atoms with Gasteiger partial charge in [-0.25, -0.2) is 0 Å². The van der Waals surface area contributed by atoms with Crippen LogP contribution in [0.2, 0.25) is 0 Å². The molecule has 4 rings (SSSR count). The molecule has 1 amide bonds. The first-order valence-electron chi connectivity index (χ1n) is 13.2. The van der Waals surface area contributed by atoms with Crippen molar-refractivity contribution in [3.63, 3.8) is 0 Å². The Kier molecular flexibility index (Phi) is 10.6. The van der Waals surface area contributed by atoms with E-state index >= 15 is 0 Å². The summed E-state index contributed by atoms with van der Waals surface area (Å²) in [6.07, 6.45) is -1.02. The maximum atomic E-state index is 12.2. The Balaban J connectivity index is 1.45. The molecule has 212 valence electrons. The van der Waals surface area contributed by atoms with Crippen molar-refractivity contribution in [1.29, 1.82) is 0 Å². The van der Waals surface area contributed by atoms with Crippen LogP contribution >= 0.6 is 11.8 Å². The van der Waals surface area contributed by atoms with E-state index in [0.717, 1.165) is 38.7 Å². The van der Waals surface area contributed by atoms with Crippen LogP contribution in [0.3, 0.4) is 0 Å². The average Bonchev–Trinajstić information content (AvgIpc) is 2.98. The number of methoxy groups -OCH3 is 1. The van der Waals surface area contributed by atoms with Gasteiger partial charge in [-0.15, -0.1) is 11.8 Å². The molecule has 4 atom stereocenters. The number of benzene rings is 3. The summed E-state index contributed by atoms with van der Waals surface area (Å²) in [6, 6.07) is 23.4. The lowest BCUT2D eigenvalue weighted by Gasteiger charge is -2.36. The summed E-state index contributed by atoms with van der Waals surface area (Å²) in [4.78, 5) is 24.3. The second-order valence-electron chi connectivity index (χ2n) is 9.52. The van der Waals surface area contributed by atoms with Crippen LogP contribution in [0.25, 0.3) is 0 Å². The van der Waals surface area contributed by atoms with Gasteiger partial charge in [0.05, 0.1) is 25.9 Å². The number of thioether (sulfide) groups is 1. The minimum absolute atomic E-state index is 0.00875. The fourth-order valence-electron chi connectivity index (χ4n) is 4.37. The number of carbonyl (C=O) groups excluding carboxylic acids is 2. The maximum Gasteiger partial charge on any atom is 0.303 e. The van der Waals surface area contributed by atoms with E-state index in [1.807, 2.05) is 72.8 Å². The van der Waals surface area contributed by atoms with Crippen LogP contribution in [0.1, 0.15) is 54.9 Å². The molecular weight excluding hydrogens is 530 g/mol. The third kappa shape index (κ3) is 8.08. The van der Waals surface area contributed by atoms with Crippen molar-refractivity contribution in [2.45, 2.75) is 62.9 Å². The topological polar surface area (TPSA) is 103 Å². The van der Waals surface area contributed by atoms with E-state index in [2.05, 4.69) is 5.32 Å². The normalized spacial score (nSPS) is 19.4. The van der Waals surface area contributed by atoms with Crippen molar-refractivity contribution in [3.05, 3.63) is 95.1 Å². The average molecular weight is 566 g/mol. The lowest BCUT2D eigenvalue weighted by molar-refractivity contribution is -0.245. The number of nitrogens with one attached hydrogen (secondary N) is 1. The van der Waals surface area contributed by atoms with Gasteiger partial charge in [-0.3, -0.25) is 9.59 Å². The Morgan fingerprint density at radius 3 is 2.35 bits per heavy atom. The predicted molar refractivity (Wildman–Crippen MR) is 152 cm³/mol. The van der Waals surface area contributed by atoms with Crippen LogP contribution in [0, 0.1) is 0 Å². The van der Waals surface area contributed by atoms with Gasteiger partial charge in [0.15, 0.2) is 12.4 Å². The minimum Gasteiger partial charge on any atom is -0.496 e. The Bertz CT molecular complexity index is 1270. The van der Waals surface area contributed by atoms with Crippen LogP contribution < -0.4 is 10.1 Å². The van der Waals surface area contributed by atoms with Crippen LogP contribution in [0.5, 0.6) is 5.75 Å². The van der Waals surface area contributed by atoms with Crippen molar-refractivity contribution in [1.82, 2.24) is 5.32 Å². The first kappa shape index (κ1) is 29.6. The Hall–Kier alpha value is -3.37. The van der Waals surface area contributed by atoms with Crippen molar-refractivity contribution in [3.8, 4) is 5.75 Å². The molecule has 1 aliphatic heterocycles. The third-order valence-corrected chi connectivity index (χ3v) is 7.73. The lowest BCUT2D eigenvalue weighted by atomic mass is 10.0. The van der Waals surface area contributed by atoms with Gasteiger partial charge in [-0.05, 0) is 35.7 Å². The lowest BCUT2D eigenvalue weighted by Crippen LogP contribution is -2.35. The zero-order valence-electron chi connectivity index (χ0n) is 22.9. The number of hydrogen-bond acceptors (Lipinski definition) is 8. The number of carbonyl (C=O) groups is 2. The zero-order chi connectivity index (χ0) is 28.5. The molecule has 3 aromatic rings. The molecule has 1 saturated heterocycles. The molecule has 9 heteroatoms. The van der Waals surface area contributed by atoms with Gasteiger partial charge in [-0.2, -0.15) is 0 Å². The third-order valence-electron chi connectivity index (χ3n) is 6.54. The van der Waals surface area contributed by atoms with E-state index < -0.39 is 18.4 Å². The fourth-order valence-corrected chi connectivity index (χ4v) is 5.42. The highest BCUT2D eigenvalue weighted by Gasteiger charge is 2.32. The fraction of sp³-hybridized carbons (Fsp3) is 0.355. The smallest absolute Gasteiger partial charge is 0.303 e. The van der Waals surface area contributed by atoms with Gasteiger partial charge in [0, 0.05) is 36.1 Å². The number of aliphatic hydroxyl groups excluding tert-OH is 1. The van der Waals surface area contributed by atoms with Gasteiger partial charge >= 0.3 is 5.97 Å². The van der Waals surface area contributed by atoms with E-state index in [1.165, 1.54) is 13.8 Å². The summed E-state index contributed by atoms with van der Waals surface area (Å²) < 4.78 is 23.3. The molecule has 0 radical (unpaired) electrons. The second-order valence-corrected chi connectivity index (χ2v) is 10.6. The van der Waals surface area contributed by atoms with E-state index in [9.17, 15) is 14.7 Å². The molecule has 8 nitrogen and oxygen atoms in total. The molecule has 2 N–H and O–H groups in total. The molecule has 0 aliphatic carbocycles. The van der Waals surface area contributed by atoms with Crippen LogP contribution in [0.15, 0.2) is 77.7 Å². The van der Waals surface area contributed by atoms with Crippen molar-refractivity contribution < 1.29 is 33.6 Å². The standard InChI is InChI=1S/C31H35NO7S/c1-20(37-21(2)34)30(35)32-17-22-8-14-25(15-9-22)31-38-26(19-40-29-7-5-4-6-27(29)36-3)16-28(39-31)24-12-10-23(18-33)11-13-24/h4-15,20,26,28,31,33H,16-19H2,1-3H3,(H,32,35). The van der Waals surface area contributed by atoms with Gasteiger partial charge in [0.2, 0.25) is 0 Å². The molecule has 4 unspecified atom stereocenters. The van der Waals surface area contributed by atoms with Gasteiger partial charge < -0.3 is 29.4 Å². The summed E-state index contributed by atoms with van der Waals surface area (Å²) in [6.45, 7) is 3.10. The monoisotopic (exact) mass is 565 g/mol. The van der Waals surface area contributed by atoms with Gasteiger partial charge in [0.25, 0.3) is 5.91 Å². The number of hydrogen-bond donors (Lipinski definition) is 2. The summed E-state index contributed by atoms with van der Waals surface area (Å²) in [5.41, 5.74) is 3.63. The van der Waals surface area contributed by atoms with Gasteiger partial charge in [0.1, 0.15) is 5.75 Å². The number of rotatable bonds is 11. The zero-order valence-corrected chi connectivity index (χ0v) is 23.7. The number of aliphatic hydroxyl groups is 1. The highest BCUT2D eigenvalue weighted by molar-refractivity contribution is 7.99. The Morgan fingerprint density at radius 1 is 1.00 bits per heavy atom. The Morgan fingerprint density at radius 2 is 1.68 bits per heavy atom. The van der Waals surface area contributed by atoms with Crippen molar-refractivity contribution in [2.24, 2.45) is 0 Å². The Labute approximate surface area is 239 Å². The van der Waals surface area contributed by atoms with Crippen LogP contribution in [0.4, 0.5) is 0 Å². The first-order valence-corrected chi connectivity index (χ1v) is 14.1. The molecule has 0 aromatic heterocycles. The molecule has 0 bridgehead atoms. The minimum atomic E-state index is -0.852. The number of amides is 1. The molecule has 1 aliphatic rings. The maximum absolute atomic E-state index is 12.2. The first-order chi connectivity index (χ1) is 19.4. The second kappa shape index (κ2) is 14.3.